The molecule has 0 saturated heterocycles. The van der Waals surface area contributed by atoms with Gasteiger partial charge in [-0.3, -0.25) is 9.36 Å². The van der Waals surface area contributed by atoms with E-state index in [9.17, 15) is 9.18 Å². The highest BCUT2D eigenvalue weighted by Gasteiger charge is 2.18. The van der Waals surface area contributed by atoms with Gasteiger partial charge in [0.2, 0.25) is 0 Å². The first-order chi connectivity index (χ1) is 15.6. The molecule has 7 heteroatoms. The smallest absolute Gasteiger partial charge is 0.278 e. The first-order valence-corrected chi connectivity index (χ1v) is 11.7. The van der Waals surface area contributed by atoms with Gasteiger partial charge in [-0.15, -0.1) is 0 Å². The second kappa shape index (κ2) is 10.1. The Labute approximate surface area is 190 Å². The van der Waals surface area contributed by atoms with E-state index in [1.807, 2.05) is 55.1 Å². The lowest BCUT2D eigenvalue weighted by atomic mass is 10.1. The number of aryl methyl sites for hydroxylation is 1. The molecule has 2 heterocycles. The van der Waals surface area contributed by atoms with Crippen molar-refractivity contribution in [2.45, 2.75) is 30.8 Å². The molecule has 5 nitrogen and oxygen atoms in total. The molecule has 4 aromatic rings. The Bertz CT molecular complexity index is 1250. The maximum atomic E-state index is 13.5. The van der Waals surface area contributed by atoms with Crippen molar-refractivity contribution >= 4 is 22.8 Å². The highest BCUT2D eigenvalue weighted by atomic mass is 32.2. The molecule has 0 aliphatic rings. The number of halogens is 1. The van der Waals surface area contributed by atoms with Crippen LogP contribution in [0.5, 0.6) is 0 Å². The molecule has 0 atom stereocenters. The lowest BCUT2D eigenvalue weighted by Crippen LogP contribution is -2.25. The molecule has 2 aromatic heterocycles. The van der Waals surface area contributed by atoms with Crippen molar-refractivity contribution < 1.29 is 9.13 Å². The summed E-state index contributed by atoms with van der Waals surface area (Å²) in [4.78, 5) is 18.5. The summed E-state index contributed by atoms with van der Waals surface area (Å²) in [6, 6.07) is 16.4. The summed E-state index contributed by atoms with van der Waals surface area (Å²) in [6.45, 7) is 3.72. The van der Waals surface area contributed by atoms with Crippen LogP contribution < -0.4 is 5.56 Å². The number of rotatable bonds is 9. The first-order valence-electron chi connectivity index (χ1n) is 10.7. The van der Waals surface area contributed by atoms with Crippen LogP contribution in [-0.2, 0) is 24.1 Å². The van der Waals surface area contributed by atoms with Crippen molar-refractivity contribution in [2.24, 2.45) is 7.05 Å². The zero-order chi connectivity index (χ0) is 22.5. The first kappa shape index (κ1) is 22.3. The molecular weight excluding hydrogens is 425 g/mol. The summed E-state index contributed by atoms with van der Waals surface area (Å²) >= 11 is 1.49. The molecule has 166 valence electrons. The number of hydrogen-bond donors (Lipinski definition) is 0. The van der Waals surface area contributed by atoms with Crippen molar-refractivity contribution in [3.8, 4) is 11.1 Å². The Morgan fingerprint density at radius 2 is 1.84 bits per heavy atom. The number of aromatic nitrogens is 3. The largest absolute Gasteiger partial charge is 0.382 e. The van der Waals surface area contributed by atoms with Gasteiger partial charge in [-0.2, -0.15) is 0 Å². The van der Waals surface area contributed by atoms with Gasteiger partial charge in [-0.05, 0) is 36.6 Å². The maximum Gasteiger partial charge on any atom is 0.278 e. The van der Waals surface area contributed by atoms with Crippen molar-refractivity contribution in [3.05, 3.63) is 82.5 Å². The van der Waals surface area contributed by atoms with Crippen molar-refractivity contribution in [1.29, 1.82) is 0 Å². The Morgan fingerprint density at radius 3 is 2.56 bits per heavy atom. The lowest BCUT2D eigenvalue weighted by molar-refractivity contribution is 0.140. The third-order valence-corrected chi connectivity index (χ3v) is 6.33. The number of benzene rings is 2. The van der Waals surface area contributed by atoms with Crippen LogP contribution in [0.2, 0.25) is 0 Å². The molecule has 4 rings (SSSR count). The molecule has 2 aromatic carbocycles. The number of fused-ring (bicyclic) bond motifs is 1. The summed E-state index contributed by atoms with van der Waals surface area (Å²) in [7, 11) is 1.88. The molecule has 0 aliphatic heterocycles. The molecule has 0 aliphatic carbocycles. The monoisotopic (exact) mass is 451 g/mol. The van der Waals surface area contributed by atoms with E-state index in [4.69, 9.17) is 9.72 Å². The topological polar surface area (TPSA) is 49.0 Å². The summed E-state index contributed by atoms with van der Waals surface area (Å²) in [6.07, 6.45) is 2.69. The second-order valence-electron chi connectivity index (χ2n) is 7.53. The molecule has 0 amide bonds. The van der Waals surface area contributed by atoms with Crippen molar-refractivity contribution in [1.82, 2.24) is 14.1 Å². The number of ether oxygens (including phenoxy) is 1. The fourth-order valence-electron chi connectivity index (χ4n) is 3.68. The quantitative estimate of drug-likeness (QED) is 0.198. The van der Waals surface area contributed by atoms with Gasteiger partial charge in [0.05, 0.1) is 0 Å². The molecule has 0 saturated carbocycles. The van der Waals surface area contributed by atoms with Crippen molar-refractivity contribution in [2.75, 3.05) is 13.2 Å². The number of thioether (sulfide) groups is 1. The highest BCUT2D eigenvalue weighted by molar-refractivity contribution is 7.98. The summed E-state index contributed by atoms with van der Waals surface area (Å²) in [5.74, 6) is 0.333. The van der Waals surface area contributed by atoms with Crippen LogP contribution in [0, 0.1) is 5.82 Å². The fraction of sp³-hybridized carbons (Fsp3) is 0.280. The molecule has 0 fully saturated rings. The normalized spacial score (nSPS) is 11.3. The van der Waals surface area contributed by atoms with E-state index >= 15 is 0 Å². The van der Waals surface area contributed by atoms with E-state index in [0.29, 0.717) is 41.7 Å². The zero-order valence-electron chi connectivity index (χ0n) is 18.3. The van der Waals surface area contributed by atoms with E-state index in [1.54, 1.807) is 16.7 Å². The minimum Gasteiger partial charge on any atom is -0.382 e. The van der Waals surface area contributed by atoms with Gasteiger partial charge in [-0.25, -0.2) is 9.37 Å². The zero-order valence-corrected chi connectivity index (χ0v) is 19.1. The minimum absolute atomic E-state index is 0.0576. The highest BCUT2D eigenvalue weighted by Crippen LogP contribution is 2.30. The minimum atomic E-state index is -0.261. The van der Waals surface area contributed by atoms with Gasteiger partial charge in [0, 0.05) is 44.3 Å². The van der Waals surface area contributed by atoms with Gasteiger partial charge in [0.25, 0.3) is 5.56 Å². The molecule has 32 heavy (non-hydrogen) atoms. The van der Waals surface area contributed by atoms with Crippen LogP contribution in [0.3, 0.4) is 0 Å². The summed E-state index contributed by atoms with van der Waals surface area (Å²) in [5.41, 5.74) is 4.16. The van der Waals surface area contributed by atoms with Crippen LogP contribution in [0.15, 0.2) is 70.7 Å². The lowest BCUT2D eigenvalue weighted by Gasteiger charge is -2.13. The Balaban J connectivity index is 1.76. The Hall–Kier alpha value is -2.90. The average Bonchev–Trinajstić information content (AvgIpc) is 3.14. The Kier molecular flexibility index (Phi) is 7.07. The van der Waals surface area contributed by atoms with Crippen LogP contribution in [-0.4, -0.2) is 27.3 Å². The van der Waals surface area contributed by atoms with E-state index in [-0.39, 0.29) is 11.4 Å². The molecular formula is C25H26FN3O2S. The van der Waals surface area contributed by atoms with Crippen molar-refractivity contribution in [3.63, 3.8) is 0 Å². The Morgan fingerprint density at radius 1 is 1.09 bits per heavy atom. The van der Waals surface area contributed by atoms with E-state index in [0.717, 1.165) is 23.1 Å². The van der Waals surface area contributed by atoms with E-state index in [1.165, 1.54) is 23.9 Å². The number of nitrogens with zero attached hydrogens (tertiary/aromatic N) is 3. The maximum absolute atomic E-state index is 13.5. The van der Waals surface area contributed by atoms with Crippen LogP contribution in [0.4, 0.5) is 4.39 Å². The van der Waals surface area contributed by atoms with Gasteiger partial charge in [0.1, 0.15) is 16.9 Å². The third kappa shape index (κ3) is 4.79. The van der Waals surface area contributed by atoms with Gasteiger partial charge in [0.15, 0.2) is 5.16 Å². The fourth-order valence-corrected chi connectivity index (χ4v) is 4.66. The molecule has 0 spiro atoms. The van der Waals surface area contributed by atoms with E-state index < -0.39 is 0 Å². The molecule has 0 bridgehead atoms. The number of hydrogen-bond acceptors (Lipinski definition) is 4. The average molecular weight is 452 g/mol. The third-order valence-electron chi connectivity index (χ3n) is 5.28. The molecule has 0 N–H and O–H groups in total. The standard InChI is InChI=1S/C25H26FN3O2S/c1-3-31-15-7-14-29-24(30)23-22(21(16-28(23)2)19-8-5-4-6-9-19)27-25(29)32-17-18-10-12-20(26)13-11-18/h4-6,8-13,16H,3,7,14-15,17H2,1-2H3. The van der Waals surface area contributed by atoms with Gasteiger partial charge >= 0.3 is 0 Å². The molecule has 0 radical (unpaired) electrons. The van der Waals surface area contributed by atoms with Crippen LogP contribution >= 0.6 is 11.8 Å². The SMILES string of the molecule is CCOCCCn1c(SCc2ccc(F)cc2)nc2c(-c3ccccc3)cn(C)c2c1=O. The van der Waals surface area contributed by atoms with Crippen LogP contribution in [0.25, 0.3) is 22.2 Å². The predicted molar refractivity (Wildman–Crippen MR) is 127 cm³/mol. The predicted octanol–water partition coefficient (Wildman–Crippen LogP) is 5.26. The van der Waals surface area contributed by atoms with Gasteiger partial charge in [-0.1, -0.05) is 54.2 Å². The van der Waals surface area contributed by atoms with Crippen LogP contribution in [0.1, 0.15) is 18.9 Å². The summed E-state index contributed by atoms with van der Waals surface area (Å²) in [5, 5.41) is 0.659. The van der Waals surface area contributed by atoms with E-state index in [2.05, 4.69) is 0 Å². The van der Waals surface area contributed by atoms with Gasteiger partial charge < -0.3 is 9.30 Å². The second-order valence-corrected chi connectivity index (χ2v) is 8.48. The summed E-state index contributed by atoms with van der Waals surface area (Å²) < 4.78 is 22.3. The molecule has 0 unspecified atom stereocenters.